The van der Waals surface area contributed by atoms with Crippen molar-refractivity contribution >= 4 is 34.4 Å². The molecule has 136 valence electrons. The largest absolute Gasteiger partial charge is 0.327 e. The monoisotopic (exact) mass is 392 g/mol. The lowest BCUT2D eigenvalue weighted by molar-refractivity contribution is 0.638. The first-order valence-electron chi connectivity index (χ1n) is 9.16. The van der Waals surface area contributed by atoms with Gasteiger partial charge in [0.25, 0.3) is 0 Å². The van der Waals surface area contributed by atoms with E-state index in [1.807, 2.05) is 12.1 Å². The van der Waals surface area contributed by atoms with E-state index in [0.717, 1.165) is 41.5 Å². The van der Waals surface area contributed by atoms with Crippen LogP contribution in [-0.4, -0.2) is 9.55 Å². The third-order valence-electron chi connectivity index (χ3n) is 4.61. The number of para-hydroxylation sites is 2. The molecule has 4 rings (SSSR count). The highest BCUT2D eigenvalue weighted by Crippen LogP contribution is 2.26. The summed E-state index contributed by atoms with van der Waals surface area (Å²) in [5, 5.41) is 0.771. The number of thioether (sulfide) groups is 1. The second kappa shape index (κ2) is 8.64. The van der Waals surface area contributed by atoms with Crippen LogP contribution < -0.4 is 0 Å². The lowest BCUT2D eigenvalue weighted by Crippen LogP contribution is -2.04. The molecule has 27 heavy (non-hydrogen) atoms. The van der Waals surface area contributed by atoms with E-state index >= 15 is 0 Å². The summed E-state index contributed by atoms with van der Waals surface area (Å²) in [5.74, 6) is 1.98. The highest BCUT2D eigenvalue weighted by atomic mass is 35.5. The van der Waals surface area contributed by atoms with Gasteiger partial charge in [0.15, 0.2) is 0 Å². The molecule has 4 heteroatoms. The van der Waals surface area contributed by atoms with Gasteiger partial charge < -0.3 is 4.57 Å². The summed E-state index contributed by atoms with van der Waals surface area (Å²) in [5.41, 5.74) is 3.68. The number of hydrogen-bond donors (Lipinski definition) is 0. The second-order valence-corrected chi connectivity index (χ2v) is 7.99. The minimum Gasteiger partial charge on any atom is -0.327 e. The van der Waals surface area contributed by atoms with Gasteiger partial charge >= 0.3 is 0 Å². The van der Waals surface area contributed by atoms with Crippen molar-refractivity contribution in [1.82, 2.24) is 9.55 Å². The van der Waals surface area contributed by atoms with Crippen molar-refractivity contribution in [3.05, 3.63) is 95.3 Å². The van der Waals surface area contributed by atoms with Crippen molar-refractivity contribution in [2.24, 2.45) is 0 Å². The Hall–Kier alpha value is -2.23. The van der Waals surface area contributed by atoms with Gasteiger partial charge in [-0.1, -0.05) is 54.1 Å². The molecule has 1 aromatic heterocycles. The van der Waals surface area contributed by atoms with Gasteiger partial charge in [0.2, 0.25) is 0 Å². The average molecular weight is 393 g/mol. The number of aryl methyl sites for hydroxylation is 2. The van der Waals surface area contributed by atoms with Crippen LogP contribution in [0.4, 0.5) is 0 Å². The molecule has 0 aliphatic carbocycles. The number of benzene rings is 3. The zero-order valence-corrected chi connectivity index (χ0v) is 16.6. The van der Waals surface area contributed by atoms with E-state index in [1.165, 1.54) is 16.0 Å². The molecular formula is C23H21ClN2S. The molecule has 3 aromatic carbocycles. The predicted octanol–water partition coefficient (Wildman–Crippen LogP) is 6.61. The molecule has 0 spiro atoms. The average Bonchev–Trinajstić information content (AvgIpc) is 3.06. The number of rotatable bonds is 7. The first-order chi connectivity index (χ1) is 13.3. The summed E-state index contributed by atoms with van der Waals surface area (Å²) in [6, 6.07) is 27.1. The Bertz CT molecular complexity index is 1010. The highest BCUT2D eigenvalue weighted by Gasteiger charge is 2.11. The molecule has 0 radical (unpaired) electrons. The molecule has 0 atom stereocenters. The Kier molecular flexibility index (Phi) is 5.81. The summed E-state index contributed by atoms with van der Waals surface area (Å²) in [6.45, 7) is 0.978. The lowest BCUT2D eigenvalue weighted by atomic mass is 10.1. The number of halogens is 1. The molecule has 0 saturated carbocycles. The SMILES string of the molecule is Clc1ccc(SCc2nc3ccccc3n2CCCc2ccccc2)cc1. The van der Waals surface area contributed by atoms with Gasteiger partial charge in [-0.15, -0.1) is 11.8 Å². The number of hydrogen-bond acceptors (Lipinski definition) is 2. The summed E-state index contributed by atoms with van der Waals surface area (Å²) >= 11 is 7.79. The van der Waals surface area contributed by atoms with E-state index in [9.17, 15) is 0 Å². The van der Waals surface area contributed by atoms with Crippen molar-refractivity contribution in [3.8, 4) is 0 Å². The standard InChI is InChI=1S/C23H21ClN2S/c24-19-12-14-20(15-13-19)27-17-23-25-21-10-4-5-11-22(21)26(23)16-6-9-18-7-2-1-3-8-18/h1-5,7-8,10-15H,6,9,16-17H2. The minimum absolute atomic E-state index is 0.771. The fourth-order valence-corrected chi connectivity index (χ4v) is 4.22. The van der Waals surface area contributed by atoms with E-state index in [-0.39, 0.29) is 0 Å². The third-order valence-corrected chi connectivity index (χ3v) is 5.87. The normalized spacial score (nSPS) is 11.1. The summed E-state index contributed by atoms with van der Waals surface area (Å²) in [7, 11) is 0. The molecular weight excluding hydrogens is 372 g/mol. The van der Waals surface area contributed by atoms with Crippen LogP contribution in [0.2, 0.25) is 5.02 Å². The fourth-order valence-electron chi connectivity index (χ4n) is 3.25. The smallest absolute Gasteiger partial charge is 0.120 e. The van der Waals surface area contributed by atoms with Crippen LogP contribution in [0.1, 0.15) is 17.8 Å². The van der Waals surface area contributed by atoms with Gasteiger partial charge in [-0.3, -0.25) is 0 Å². The van der Waals surface area contributed by atoms with Crippen LogP contribution >= 0.6 is 23.4 Å². The molecule has 4 aromatic rings. The van der Waals surface area contributed by atoms with Crippen molar-refractivity contribution in [3.63, 3.8) is 0 Å². The third kappa shape index (κ3) is 4.55. The van der Waals surface area contributed by atoms with Crippen LogP contribution in [0, 0.1) is 0 Å². The van der Waals surface area contributed by atoms with E-state index in [0.29, 0.717) is 0 Å². The Morgan fingerprint density at radius 1 is 0.852 bits per heavy atom. The molecule has 0 saturated heterocycles. The molecule has 0 fully saturated rings. The van der Waals surface area contributed by atoms with E-state index in [4.69, 9.17) is 16.6 Å². The van der Waals surface area contributed by atoms with Gasteiger partial charge in [0, 0.05) is 16.5 Å². The van der Waals surface area contributed by atoms with E-state index in [1.54, 1.807) is 11.8 Å². The Morgan fingerprint density at radius 3 is 2.41 bits per heavy atom. The van der Waals surface area contributed by atoms with Crippen molar-refractivity contribution in [2.75, 3.05) is 0 Å². The number of fused-ring (bicyclic) bond motifs is 1. The maximum Gasteiger partial charge on any atom is 0.120 e. The van der Waals surface area contributed by atoms with Crippen LogP contribution in [0.15, 0.2) is 83.8 Å². The first-order valence-corrected chi connectivity index (χ1v) is 10.5. The summed E-state index contributed by atoms with van der Waals surface area (Å²) in [4.78, 5) is 6.10. The van der Waals surface area contributed by atoms with E-state index in [2.05, 4.69) is 71.3 Å². The Balaban J connectivity index is 1.50. The maximum absolute atomic E-state index is 5.99. The number of imidazole rings is 1. The van der Waals surface area contributed by atoms with Crippen LogP contribution in [-0.2, 0) is 18.7 Å². The summed E-state index contributed by atoms with van der Waals surface area (Å²) in [6.07, 6.45) is 2.18. The molecule has 0 unspecified atom stereocenters. The van der Waals surface area contributed by atoms with Gasteiger partial charge in [0.1, 0.15) is 5.82 Å². The molecule has 0 bridgehead atoms. The van der Waals surface area contributed by atoms with Gasteiger partial charge in [-0.05, 0) is 54.8 Å². The zero-order chi connectivity index (χ0) is 18.5. The van der Waals surface area contributed by atoms with Gasteiger partial charge in [0.05, 0.1) is 16.8 Å². The van der Waals surface area contributed by atoms with Crippen molar-refractivity contribution in [2.45, 2.75) is 30.0 Å². The van der Waals surface area contributed by atoms with Crippen molar-refractivity contribution in [1.29, 1.82) is 0 Å². The van der Waals surface area contributed by atoms with Crippen LogP contribution in [0.5, 0.6) is 0 Å². The lowest BCUT2D eigenvalue weighted by Gasteiger charge is -2.09. The molecule has 0 aliphatic heterocycles. The predicted molar refractivity (Wildman–Crippen MR) is 116 cm³/mol. The number of aromatic nitrogens is 2. The molecule has 0 aliphatic rings. The van der Waals surface area contributed by atoms with Gasteiger partial charge in [-0.2, -0.15) is 0 Å². The van der Waals surface area contributed by atoms with E-state index < -0.39 is 0 Å². The topological polar surface area (TPSA) is 17.8 Å². The molecule has 2 nitrogen and oxygen atoms in total. The number of nitrogens with zero attached hydrogens (tertiary/aromatic N) is 2. The maximum atomic E-state index is 5.99. The minimum atomic E-state index is 0.771. The summed E-state index contributed by atoms with van der Waals surface area (Å²) < 4.78 is 2.38. The fraction of sp³-hybridized carbons (Fsp3) is 0.174. The van der Waals surface area contributed by atoms with Crippen LogP contribution in [0.3, 0.4) is 0 Å². The quantitative estimate of drug-likeness (QED) is 0.329. The first kappa shape index (κ1) is 18.1. The molecule has 1 heterocycles. The Labute approximate surface area is 169 Å². The highest BCUT2D eigenvalue weighted by molar-refractivity contribution is 7.98. The zero-order valence-electron chi connectivity index (χ0n) is 15.0. The molecule has 0 N–H and O–H groups in total. The molecule has 0 amide bonds. The second-order valence-electron chi connectivity index (χ2n) is 6.50. The van der Waals surface area contributed by atoms with Crippen LogP contribution in [0.25, 0.3) is 11.0 Å². The van der Waals surface area contributed by atoms with Gasteiger partial charge in [-0.25, -0.2) is 4.98 Å². The Morgan fingerprint density at radius 2 is 1.59 bits per heavy atom. The van der Waals surface area contributed by atoms with Crippen molar-refractivity contribution < 1.29 is 0 Å².